The van der Waals surface area contributed by atoms with Crippen molar-refractivity contribution in [1.29, 1.82) is 0 Å². The molecule has 0 bridgehead atoms. The van der Waals surface area contributed by atoms with Gasteiger partial charge < -0.3 is 15.0 Å². The minimum Gasteiger partial charge on any atom is -0.389 e. The number of carbonyl (C=O) groups is 1. The van der Waals surface area contributed by atoms with Gasteiger partial charge in [0.15, 0.2) is 0 Å². The first-order chi connectivity index (χ1) is 8.47. The van der Waals surface area contributed by atoms with Crippen molar-refractivity contribution in [2.45, 2.75) is 19.4 Å². The first-order valence-electron chi connectivity index (χ1n) is 5.69. The molecule has 96 valence electrons. The lowest BCUT2D eigenvalue weighted by Crippen LogP contribution is -2.38. The molecule has 0 saturated heterocycles. The number of hydrogen-bond donors (Lipinski definition) is 2. The van der Waals surface area contributed by atoms with Gasteiger partial charge in [0, 0.05) is 18.9 Å². The molecule has 0 saturated carbocycles. The van der Waals surface area contributed by atoms with Crippen LogP contribution in [0.2, 0.25) is 0 Å². The highest BCUT2D eigenvalue weighted by Crippen LogP contribution is 2.21. The first kappa shape index (κ1) is 12.9. The number of nitrogens with zero attached hydrogens (tertiary/aromatic N) is 1. The van der Waals surface area contributed by atoms with Crippen molar-refractivity contribution in [2.75, 3.05) is 6.54 Å². The van der Waals surface area contributed by atoms with Gasteiger partial charge in [-0.2, -0.15) is 0 Å². The van der Waals surface area contributed by atoms with E-state index in [-0.39, 0.29) is 12.5 Å². The molecule has 5 heteroatoms. The third-order valence-electron chi connectivity index (χ3n) is 2.41. The predicted octanol–water partition coefficient (Wildman–Crippen LogP) is 2.04. The Kier molecular flexibility index (Phi) is 3.54. The third kappa shape index (κ3) is 3.00. The smallest absolute Gasteiger partial charge is 0.263 e. The van der Waals surface area contributed by atoms with E-state index in [0.717, 1.165) is 5.69 Å². The van der Waals surface area contributed by atoms with Crippen molar-refractivity contribution in [3.8, 4) is 5.69 Å². The van der Waals surface area contributed by atoms with Crippen LogP contribution in [-0.2, 0) is 0 Å². The number of amides is 1. The quantitative estimate of drug-likeness (QED) is 0.888. The molecular weight excluding hydrogens is 248 g/mol. The minimum atomic E-state index is -0.902. The fraction of sp³-hybridized carbons (Fsp3) is 0.308. The summed E-state index contributed by atoms with van der Waals surface area (Å²) in [6.45, 7) is 3.55. The molecule has 2 aromatic rings. The SMILES string of the molecule is CC(C)(O)CNC(=O)c1sccc1-n1cccc1. The van der Waals surface area contributed by atoms with E-state index in [0.29, 0.717) is 4.88 Å². The maximum atomic E-state index is 12.0. The van der Waals surface area contributed by atoms with E-state index < -0.39 is 5.60 Å². The number of rotatable bonds is 4. The minimum absolute atomic E-state index is 0.157. The molecule has 1 amide bonds. The summed E-state index contributed by atoms with van der Waals surface area (Å²) in [6, 6.07) is 5.73. The van der Waals surface area contributed by atoms with E-state index in [4.69, 9.17) is 0 Å². The molecule has 2 heterocycles. The zero-order chi connectivity index (χ0) is 13.2. The molecular formula is C13H16N2O2S. The molecule has 0 radical (unpaired) electrons. The molecule has 4 nitrogen and oxygen atoms in total. The molecule has 2 N–H and O–H groups in total. The van der Waals surface area contributed by atoms with Crippen LogP contribution >= 0.6 is 11.3 Å². The summed E-state index contributed by atoms with van der Waals surface area (Å²) in [4.78, 5) is 12.7. The van der Waals surface area contributed by atoms with Gasteiger partial charge in [0.25, 0.3) is 5.91 Å². The van der Waals surface area contributed by atoms with Crippen LogP contribution in [0.25, 0.3) is 5.69 Å². The summed E-state index contributed by atoms with van der Waals surface area (Å²) < 4.78 is 1.90. The molecule has 0 aliphatic carbocycles. The summed E-state index contributed by atoms with van der Waals surface area (Å²) in [5.41, 5.74) is -0.0428. The lowest BCUT2D eigenvalue weighted by atomic mass is 10.1. The van der Waals surface area contributed by atoms with E-state index in [9.17, 15) is 9.90 Å². The van der Waals surface area contributed by atoms with E-state index in [1.54, 1.807) is 13.8 Å². The van der Waals surface area contributed by atoms with Gasteiger partial charge in [0.05, 0.1) is 11.3 Å². The number of thiophene rings is 1. The van der Waals surface area contributed by atoms with Crippen molar-refractivity contribution >= 4 is 17.2 Å². The second-order valence-corrected chi connectivity index (χ2v) is 5.64. The lowest BCUT2D eigenvalue weighted by Gasteiger charge is -2.17. The van der Waals surface area contributed by atoms with Gasteiger partial charge >= 0.3 is 0 Å². The summed E-state index contributed by atoms with van der Waals surface area (Å²) in [7, 11) is 0. The molecule has 2 aromatic heterocycles. The van der Waals surface area contributed by atoms with Crippen LogP contribution in [0.15, 0.2) is 36.0 Å². The van der Waals surface area contributed by atoms with Crippen molar-refractivity contribution in [2.24, 2.45) is 0 Å². The Morgan fingerprint density at radius 3 is 2.72 bits per heavy atom. The molecule has 0 aliphatic heterocycles. The first-order valence-corrected chi connectivity index (χ1v) is 6.57. The Balaban J connectivity index is 2.15. The van der Waals surface area contributed by atoms with Gasteiger partial charge in [-0.15, -0.1) is 11.3 Å². The van der Waals surface area contributed by atoms with E-state index in [1.165, 1.54) is 11.3 Å². The van der Waals surface area contributed by atoms with E-state index in [1.807, 2.05) is 40.5 Å². The van der Waals surface area contributed by atoms with E-state index in [2.05, 4.69) is 5.32 Å². The van der Waals surface area contributed by atoms with Gasteiger partial charge in [-0.05, 0) is 37.4 Å². The van der Waals surface area contributed by atoms with Crippen molar-refractivity contribution in [3.63, 3.8) is 0 Å². The van der Waals surface area contributed by atoms with Crippen LogP contribution in [0.1, 0.15) is 23.5 Å². The van der Waals surface area contributed by atoms with Crippen LogP contribution in [0, 0.1) is 0 Å². The van der Waals surface area contributed by atoms with Crippen LogP contribution in [0.5, 0.6) is 0 Å². The Morgan fingerprint density at radius 1 is 1.44 bits per heavy atom. The Labute approximate surface area is 110 Å². The Bertz CT molecular complexity index is 523. The second kappa shape index (κ2) is 4.96. The van der Waals surface area contributed by atoms with Crippen LogP contribution in [0.4, 0.5) is 0 Å². The number of aromatic nitrogens is 1. The highest BCUT2D eigenvalue weighted by atomic mass is 32.1. The predicted molar refractivity (Wildman–Crippen MR) is 72.3 cm³/mol. The molecule has 0 fully saturated rings. The van der Waals surface area contributed by atoms with Crippen molar-refractivity contribution in [1.82, 2.24) is 9.88 Å². The monoisotopic (exact) mass is 264 g/mol. The average molecular weight is 264 g/mol. The normalized spacial score (nSPS) is 11.5. The zero-order valence-corrected chi connectivity index (χ0v) is 11.2. The molecule has 0 atom stereocenters. The van der Waals surface area contributed by atoms with Gasteiger partial charge in [-0.25, -0.2) is 0 Å². The number of aliphatic hydroxyl groups is 1. The molecule has 18 heavy (non-hydrogen) atoms. The van der Waals surface area contributed by atoms with Gasteiger partial charge in [-0.3, -0.25) is 4.79 Å². The molecule has 2 rings (SSSR count). The van der Waals surface area contributed by atoms with Gasteiger partial charge in [0.2, 0.25) is 0 Å². The Hall–Kier alpha value is -1.59. The fourth-order valence-electron chi connectivity index (χ4n) is 1.55. The van der Waals surface area contributed by atoms with E-state index >= 15 is 0 Å². The van der Waals surface area contributed by atoms with Crippen LogP contribution in [-0.4, -0.2) is 27.7 Å². The lowest BCUT2D eigenvalue weighted by molar-refractivity contribution is 0.0696. The molecule has 0 aliphatic rings. The fourth-order valence-corrected chi connectivity index (χ4v) is 2.35. The van der Waals surface area contributed by atoms with Crippen molar-refractivity contribution in [3.05, 3.63) is 40.8 Å². The molecule has 0 unspecified atom stereocenters. The maximum absolute atomic E-state index is 12.0. The average Bonchev–Trinajstić information content (AvgIpc) is 2.94. The zero-order valence-electron chi connectivity index (χ0n) is 10.4. The summed E-state index contributed by atoms with van der Waals surface area (Å²) in [5.74, 6) is -0.157. The largest absolute Gasteiger partial charge is 0.389 e. The third-order valence-corrected chi connectivity index (χ3v) is 3.32. The number of carbonyl (C=O) groups excluding carboxylic acids is 1. The summed E-state index contributed by atoms with van der Waals surface area (Å²) >= 11 is 1.39. The molecule has 0 aromatic carbocycles. The van der Waals surface area contributed by atoms with Crippen molar-refractivity contribution < 1.29 is 9.90 Å². The van der Waals surface area contributed by atoms with Gasteiger partial charge in [-0.1, -0.05) is 0 Å². The maximum Gasteiger partial charge on any atom is 0.263 e. The summed E-state index contributed by atoms with van der Waals surface area (Å²) in [6.07, 6.45) is 3.80. The topological polar surface area (TPSA) is 54.3 Å². The molecule has 0 spiro atoms. The highest BCUT2D eigenvalue weighted by molar-refractivity contribution is 7.12. The second-order valence-electron chi connectivity index (χ2n) is 4.72. The number of nitrogens with one attached hydrogen (secondary N) is 1. The Morgan fingerprint density at radius 2 is 2.11 bits per heavy atom. The van der Waals surface area contributed by atoms with Crippen LogP contribution in [0.3, 0.4) is 0 Å². The van der Waals surface area contributed by atoms with Gasteiger partial charge in [0.1, 0.15) is 4.88 Å². The standard InChI is InChI=1S/C13H16N2O2S/c1-13(2,17)9-14-12(16)11-10(5-8-18-11)15-6-3-4-7-15/h3-8,17H,9H2,1-2H3,(H,14,16). The summed E-state index contributed by atoms with van der Waals surface area (Å²) in [5, 5.41) is 14.2. The number of hydrogen-bond acceptors (Lipinski definition) is 3. The van der Waals surface area contributed by atoms with Crippen LogP contribution < -0.4 is 5.32 Å². The highest BCUT2D eigenvalue weighted by Gasteiger charge is 2.18.